The Morgan fingerprint density at radius 3 is 2.39 bits per heavy atom. The fraction of sp³-hybridized carbons (Fsp3) is 0.364. The third kappa shape index (κ3) is 3.17. The van der Waals surface area contributed by atoms with E-state index in [1.165, 1.54) is 0 Å². The highest BCUT2D eigenvalue weighted by Crippen LogP contribution is 2.39. The molecule has 1 rings (SSSR count). The van der Waals surface area contributed by atoms with E-state index in [2.05, 4.69) is 20.7 Å². The van der Waals surface area contributed by atoms with E-state index in [-0.39, 0.29) is 11.1 Å². The number of benzene rings is 1. The van der Waals surface area contributed by atoms with Crippen LogP contribution in [0.2, 0.25) is 5.02 Å². The van der Waals surface area contributed by atoms with Crippen LogP contribution in [0.4, 0.5) is 13.2 Å². The van der Waals surface area contributed by atoms with Crippen molar-refractivity contribution in [3.63, 3.8) is 0 Å². The third-order valence-corrected chi connectivity index (χ3v) is 3.08. The van der Waals surface area contributed by atoms with Crippen LogP contribution >= 0.6 is 27.5 Å². The molecule has 1 unspecified atom stereocenters. The Morgan fingerprint density at radius 1 is 1.44 bits per heavy atom. The summed E-state index contributed by atoms with van der Waals surface area (Å²) in [5, 5.41) is -0.528. The molecule has 0 radical (unpaired) electrons. The molecule has 0 aliphatic carbocycles. The highest BCUT2D eigenvalue weighted by molar-refractivity contribution is 9.09. The molecule has 1 atom stereocenters. The standard InChI is InChI=1S/C11H9BrClF3O2/c1-5(12)6-3-8(11(14,15)16)9(13)4-7(6)10(17)18-2/h3-5H,1-2H3. The quantitative estimate of drug-likeness (QED) is 0.578. The minimum absolute atomic E-state index is 0.0138. The van der Waals surface area contributed by atoms with E-state index in [1.807, 2.05) is 0 Å². The van der Waals surface area contributed by atoms with Gasteiger partial charge in [0.25, 0.3) is 0 Å². The lowest BCUT2D eigenvalue weighted by atomic mass is 10.0. The molecule has 0 spiro atoms. The first-order chi connectivity index (χ1) is 8.18. The normalized spacial score (nSPS) is 13.3. The maximum atomic E-state index is 12.7. The fourth-order valence-electron chi connectivity index (χ4n) is 1.42. The van der Waals surface area contributed by atoms with Gasteiger partial charge in [-0.1, -0.05) is 27.5 Å². The van der Waals surface area contributed by atoms with Gasteiger partial charge in [0, 0.05) is 4.83 Å². The Kier molecular flexibility index (Phi) is 4.66. The summed E-state index contributed by atoms with van der Waals surface area (Å²) in [6.07, 6.45) is -4.57. The minimum Gasteiger partial charge on any atom is -0.465 e. The van der Waals surface area contributed by atoms with Gasteiger partial charge in [-0.05, 0) is 24.6 Å². The fourth-order valence-corrected chi connectivity index (χ4v) is 2.07. The van der Waals surface area contributed by atoms with Crippen molar-refractivity contribution in [1.82, 2.24) is 0 Å². The van der Waals surface area contributed by atoms with Gasteiger partial charge in [-0.25, -0.2) is 4.79 Å². The number of hydrogen-bond acceptors (Lipinski definition) is 2. The van der Waals surface area contributed by atoms with Gasteiger partial charge >= 0.3 is 12.1 Å². The van der Waals surface area contributed by atoms with Crippen LogP contribution in [0.1, 0.15) is 33.2 Å². The van der Waals surface area contributed by atoms with Crippen LogP contribution in [0.25, 0.3) is 0 Å². The number of carbonyl (C=O) groups is 1. The second-order valence-corrected chi connectivity index (χ2v) is 5.31. The number of rotatable bonds is 2. The number of carbonyl (C=O) groups excluding carboxylic acids is 1. The second-order valence-electron chi connectivity index (χ2n) is 3.52. The lowest BCUT2D eigenvalue weighted by molar-refractivity contribution is -0.137. The molecule has 0 heterocycles. The first-order valence-electron chi connectivity index (χ1n) is 4.81. The van der Waals surface area contributed by atoms with E-state index in [1.54, 1.807) is 6.92 Å². The Hall–Kier alpha value is -0.750. The molecule has 1 aromatic rings. The average molecular weight is 346 g/mol. The van der Waals surface area contributed by atoms with Crippen molar-refractivity contribution < 1.29 is 22.7 Å². The molecule has 100 valence electrons. The smallest absolute Gasteiger partial charge is 0.417 e. The molecule has 0 N–H and O–H groups in total. The van der Waals surface area contributed by atoms with Crippen molar-refractivity contribution in [3.05, 3.63) is 33.8 Å². The number of esters is 1. The Bertz CT molecular complexity index is 472. The predicted octanol–water partition coefficient (Wildman–Crippen LogP) is 4.60. The molecule has 0 aliphatic rings. The number of halogens is 5. The van der Waals surface area contributed by atoms with Gasteiger partial charge in [-0.15, -0.1) is 0 Å². The molecule has 0 bridgehead atoms. The van der Waals surface area contributed by atoms with Crippen LogP contribution in [-0.2, 0) is 10.9 Å². The van der Waals surface area contributed by atoms with Crippen LogP contribution in [0.3, 0.4) is 0 Å². The first kappa shape index (κ1) is 15.3. The average Bonchev–Trinajstić information content (AvgIpc) is 2.25. The van der Waals surface area contributed by atoms with Gasteiger partial charge in [-0.2, -0.15) is 13.2 Å². The molecule has 0 saturated heterocycles. The van der Waals surface area contributed by atoms with Crippen LogP contribution in [0, 0.1) is 0 Å². The van der Waals surface area contributed by atoms with E-state index < -0.39 is 27.6 Å². The molecule has 1 aromatic carbocycles. The monoisotopic (exact) mass is 344 g/mol. The summed E-state index contributed by atoms with van der Waals surface area (Å²) in [4.78, 5) is 11.0. The van der Waals surface area contributed by atoms with Crippen LogP contribution in [0.15, 0.2) is 12.1 Å². The molecule has 0 fully saturated rings. The molecule has 0 saturated carbocycles. The summed E-state index contributed by atoms with van der Waals surface area (Å²) in [6, 6.07) is 1.83. The van der Waals surface area contributed by atoms with Crippen molar-refractivity contribution in [2.75, 3.05) is 7.11 Å². The molecular formula is C11H9BrClF3O2. The second kappa shape index (κ2) is 5.48. The van der Waals surface area contributed by atoms with E-state index in [9.17, 15) is 18.0 Å². The molecule has 0 amide bonds. The van der Waals surface area contributed by atoms with E-state index in [0.29, 0.717) is 0 Å². The van der Waals surface area contributed by atoms with Crippen LogP contribution < -0.4 is 0 Å². The Labute approximate surface area is 115 Å². The largest absolute Gasteiger partial charge is 0.465 e. The van der Waals surface area contributed by atoms with Crippen molar-refractivity contribution in [2.24, 2.45) is 0 Å². The number of methoxy groups -OCH3 is 1. The minimum atomic E-state index is -4.57. The summed E-state index contributed by atoms with van der Waals surface area (Å²) in [5.41, 5.74) is -0.781. The number of hydrogen-bond donors (Lipinski definition) is 0. The summed E-state index contributed by atoms with van der Waals surface area (Å²) in [6.45, 7) is 1.61. The zero-order valence-electron chi connectivity index (χ0n) is 9.44. The Balaban J connectivity index is 3.49. The number of ether oxygens (including phenoxy) is 1. The lowest BCUT2D eigenvalue weighted by Gasteiger charge is -2.15. The highest BCUT2D eigenvalue weighted by Gasteiger charge is 2.35. The summed E-state index contributed by atoms with van der Waals surface area (Å²) < 4.78 is 42.6. The topological polar surface area (TPSA) is 26.3 Å². The van der Waals surface area contributed by atoms with Crippen molar-refractivity contribution in [3.8, 4) is 0 Å². The van der Waals surface area contributed by atoms with Crippen LogP contribution in [-0.4, -0.2) is 13.1 Å². The maximum absolute atomic E-state index is 12.7. The zero-order chi connectivity index (χ0) is 14.1. The molecular weight excluding hydrogens is 336 g/mol. The van der Waals surface area contributed by atoms with E-state index >= 15 is 0 Å². The third-order valence-electron chi connectivity index (χ3n) is 2.28. The van der Waals surface area contributed by atoms with Gasteiger partial charge in [0.2, 0.25) is 0 Å². The van der Waals surface area contributed by atoms with Gasteiger partial charge in [0.15, 0.2) is 0 Å². The predicted molar refractivity (Wildman–Crippen MR) is 65.1 cm³/mol. The van der Waals surface area contributed by atoms with Crippen LogP contribution in [0.5, 0.6) is 0 Å². The molecule has 7 heteroatoms. The molecule has 0 aliphatic heterocycles. The molecule has 2 nitrogen and oxygen atoms in total. The summed E-state index contributed by atoms with van der Waals surface area (Å²) in [5.74, 6) is -0.730. The summed E-state index contributed by atoms with van der Waals surface area (Å²) >= 11 is 8.69. The number of alkyl halides is 4. The first-order valence-corrected chi connectivity index (χ1v) is 6.11. The van der Waals surface area contributed by atoms with Gasteiger partial charge in [0.1, 0.15) is 0 Å². The zero-order valence-corrected chi connectivity index (χ0v) is 11.8. The molecule has 18 heavy (non-hydrogen) atoms. The maximum Gasteiger partial charge on any atom is 0.417 e. The Morgan fingerprint density at radius 2 is 2.00 bits per heavy atom. The molecule has 0 aromatic heterocycles. The lowest BCUT2D eigenvalue weighted by Crippen LogP contribution is -2.12. The SMILES string of the molecule is COC(=O)c1cc(Cl)c(C(F)(F)F)cc1C(C)Br. The van der Waals surface area contributed by atoms with Gasteiger partial charge in [0.05, 0.1) is 23.3 Å². The van der Waals surface area contributed by atoms with E-state index in [0.717, 1.165) is 19.2 Å². The summed E-state index contributed by atoms with van der Waals surface area (Å²) in [7, 11) is 1.15. The van der Waals surface area contributed by atoms with Gasteiger partial charge < -0.3 is 4.74 Å². The highest BCUT2D eigenvalue weighted by atomic mass is 79.9. The van der Waals surface area contributed by atoms with Crippen molar-refractivity contribution >= 4 is 33.5 Å². The van der Waals surface area contributed by atoms with Gasteiger partial charge in [-0.3, -0.25) is 0 Å². The van der Waals surface area contributed by atoms with E-state index in [4.69, 9.17) is 11.6 Å². The van der Waals surface area contributed by atoms with Crippen molar-refractivity contribution in [1.29, 1.82) is 0 Å². The van der Waals surface area contributed by atoms with Crippen molar-refractivity contribution in [2.45, 2.75) is 17.9 Å².